The van der Waals surface area contributed by atoms with Gasteiger partial charge in [-0.05, 0) is 6.92 Å². The number of carbonyl (C=O) groups excluding carboxylic acids is 1. The Hall–Kier alpha value is -1.69. The van der Waals surface area contributed by atoms with Gasteiger partial charge in [-0.2, -0.15) is 18.6 Å². The number of aromatic nitrogens is 2. The van der Waals surface area contributed by atoms with E-state index in [4.69, 9.17) is 10.3 Å². The molecule has 4 N–H and O–H groups in total. The first-order chi connectivity index (χ1) is 9.28. The molecule has 0 saturated carbocycles. The number of amides is 2. The van der Waals surface area contributed by atoms with E-state index in [1.807, 2.05) is 0 Å². The lowest BCUT2D eigenvalue weighted by atomic mass is 9.87. The third-order valence-electron chi connectivity index (χ3n) is 3.70. The molecule has 1 aromatic rings. The highest BCUT2D eigenvalue weighted by Gasteiger charge is 2.58. The highest BCUT2D eigenvalue weighted by atomic mass is 32.3. The zero-order valence-electron chi connectivity index (χ0n) is 10.5. The normalized spacial score (nSPS) is 28.9. The number of aromatic amines is 1. The van der Waals surface area contributed by atoms with E-state index in [0.717, 1.165) is 0 Å². The summed E-state index contributed by atoms with van der Waals surface area (Å²) < 4.78 is 35.2. The van der Waals surface area contributed by atoms with Gasteiger partial charge in [-0.1, -0.05) is 0 Å². The number of hydroxylamine groups is 2. The molecule has 0 aliphatic carbocycles. The maximum atomic E-state index is 12.3. The van der Waals surface area contributed by atoms with Crippen LogP contribution in [0, 0.1) is 0 Å². The molecule has 1 aromatic heterocycles. The van der Waals surface area contributed by atoms with Crippen molar-refractivity contribution in [2.24, 2.45) is 5.73 Å². The zero-order chi connectivity index (χ0) is 14.7. The second-order valence-corrected chi connectivity index (χ2v) is 5.93. The maximum Gasteiger partial charge on any atom is 0.418 e. The highest BCUT2D eigenvalue weighted by Crippen LogP contribution is 2.46. The van der Waals surface area contributed by atoms with E-state index >= 15 is 0 Å². The summed E-state index contributed by atoms with van der Waals surface area (Å²) in [5.41, 5.74) is 5.85. The molecule has 2 aliphatic heterocycles. The van der Waals surface area contributed by atoms with Gasteiger partial charge < -0.3 is 10.6 Å². The lowest BCUT2D eigenvalue weighted by molar-refractivity contribution is -0.0738. The molecule has 2 amide bonds. The second kappa shape index (κ2) is 3.91. The van der Waals surface area contributed by atoms with E-state index in [9.17, 15) is 13.2 Å². The van der Waals surface area contributed by atoms with Crippen molar-refractivity contribution in [3.8, 4) is 0 Å². The SMILES string of the molecule is CC12CN(C(=O)N1OS(=O)(=O)O)C(CN)c1[nH]ncc12. The fourth-order valence-corrected chi connectivity index (χ4v) is 3.23. The standard InChI is InChI=1S/C9H13N5O5S/c1-9-4-13(8(15)14(9)19-20(16,17)18)6(2-10)7-5(9)3-11-12-7/h3,6H,2,4,10H2,1H3,(H,11,12)(H,16,17,18). The van der Waals surface area contributed by atoms with Crippen LogP contribution in [-0.4, -0.2) is 52.3 Å². The molecule has 11 heteroatoms. The highest BCUT2D eigenvalue weighted by molar-refractivity contribution is 7.80. The smallest absolute Gasteiger partial charge is 0.328 e. The molecule has 0 spiro atoms. The van der Waals surface area contributed by atoms with Gasteiger partial charge in [0.1, 0.15) is 5.54 Å². The number of hydrogen-bond donors (Lipinski definition) is 3. The van der Waals surface area contributed by atoms with Crippen molar-refractivity contribution in [1.82, 2.24) is 20.2 Å². The van der Waals surface area contributed by atoms with Crippen molar-refractivity contribution in [3.05, 3.63) is 17.5 Å². The predicted molar refractivity (Wildman–Crippen MR) is 64.3 cm³/mol. The number of fused-ring (bicyclic) bond motifs is 4. The number of urea groups is 1. The van der Waals surface area contributed by atoms with Gasteiger partial charge in [0.05, 0.1) is 24.5 Å². The summed E-state index contributed by atoms with van der Waals surface area (Å²) >= 11 is 0. The van der Waals surface area contributed by atoms with E-state index in [1.165, 1.54) is 11.1 Å². The van der Waals surface area contributed by atoms with Crippen LogP contribution in [0.5, 0.6) is 0 Å². The lowest BCUT2D eigenvalue weighted by Crippen LogP contribution is -2.44. The molecular formula is C9H13N5O5S. The Bertz CT molecular complexity index is 672. The van der Waals surface area contributed by atoms with Crippen molar-refractivity contribution in [2.75, 3.05) is 13.1 Å². The summed E-state index contributed by atoms with van der Waals surface area (Å²) in [4.78, 5) is 13.6. The molecule has 2 unspecified atom stereocenters. The van der Waals surface area contributed by atoms with Crippen LogP contribution < -0.4 is 5.73 Å². The molecule has 1 saturated heterocycles. The monoisotopic (exact) mass is 303 g/mol. The number of rotatable bonds is 3. The van der Waals surface area contributed by atoms with Crippen molar-refractivity contribution < 1.29 is 22.0 Å². The van der Waals surface area contributed by atoms with Gasteiger partial charge in [0, 0.05) is 12.1 Å². The summed E-state index contributed by atoms with van der Waals surface area (Å²) in [5, 5.41) is 7.32. The molecule has 2 aliphatic rings. The molecule has 20 heavy (non-hydrogen) atoms. The zero-order valence-corrected chi connectivity index (χ0v) is 11.3. The van der Waals surface area contributed by atoms with Gasteiger partial charge >= 0.3 is 16.4 Å². The van der Waals surface area contributed by atoms with Crippen molar-refractivity contribution >= 4 is 16.4 Å². The average molecular weight is 303 g/mol. The number of H-pyrrole nitrogens is 1. The van der Waals surface area contributed by atoms with Crippen LogP contribution in [0.4, 0.5) is 4.79 Å². The van der Waals surface area contributed by atoms with Gasteiger partial charge in [-0.15, -0.1) is 4.28 Å². The first kappa shape index (κ1) is 13.3. The minimum Gasteiger partial charge on any atom is -0.328 e. The summed E-state index contributed by atoms with van der Waals surface area (Å²) in [6, 6.07) is -1.12. The maximum absolute atomic E-state index is 12.3. The Morgan fingerprint density at radius 1 is 1.70 bits per heavy atom. The van der Waals surface area contributed by atoms with Gasteiger partial charge in [0.2, 0.25) is 0 Å². The summed E-state index contributed by atoms with van der Waals surface area (Å²) in [7, 11) is -4.81. The van der Waals surface area contributed by atoms with Crippen LogP contribution in [0.1, 0.15) is 24.2 Å². The minimum atomic E-state index is -4.81. The molecule has 3 rings (SSSR count). The first-order valence-corrected chi connectivity index (χ1v) is 7.16. The summed E-state index contributed by atoms with van der Waals surface area (Å²) in [6.45, 7) is 1.96. The lowest BCUT2D eigenvalue weighted by Gasteiger charge is -2.35. The van der Waals surface area contributed by atoms with Gasteiger partial charge in [0.15, 0.2) is 0 Å². The van der Waals surface area contributed by atoms with Crippen LogP contribution in [0.25, 0.3) is 0 Å². The van der Waals surface area contributed by atoms with E-state index in [0.29, 0.717) is 16.3 Å². The molecule has 1 fully saturated rings. The Morgan fingerprint density at radius 2 is 2.40 bits per heavy atom. The van der Waals surface area contributed by atoms with Crippen LogP contribution in [0.15, 0.2) is 6.20 Å². The Balaban J connectivity index is 2.13. The minimum absolute atomic E-state index is 0.150. The fraction of sp³-hybridized carbons (Fsp3) is 0.556. The first-order valence-electron chi connectivity index (χ1n) is 5.79. The Kier molecular flexibility index (Phi) is 2.60. The molecule has 110 valence electrons. The number of nitrogens with one attached hydrogen (secondary N) is 1. The van der Waals surface area contributed by atoms with Crippen LogP contribution in [0.2, 0.25) is 0 Å². The molecule has 10 nitrogen and oxygen atoms in total. The van der Waals surface area contributed by atoms with Crippen LogP contribution in [0.3, 0.4) is 0 Å². The number of hydrogen-bond acceptors (Lipinski definition) is 6. The molecule has 2 bridgehead atoms. The fourth-order valence-electron chi connectivity index (χ4n) is 2.82. The number of carbonyl (C=O) groups is 1. The van der Waals surface area contributed by atoms with Gasteiger partial charge in [-0.25, -0.2) is 4.79 Å². The predicted octanol–water partition coefficient (Wildman–Crippen LogP) is -0.890. The van der Waals surface area contributed by atoms with E-state index < -0.39 is 28.0 Å². The molecular weight excluding hydrogens is 290 g/mol. The summed E-state index contributed by atoms with van der Waals surface area (Å²) in [5.74, 6) is 0. The van der Waals surface area contributed by atoms with Crippen LogP contribution >= 0.6 is 0 Å². The van der Waals surface area contributed by atoms with Gasteiger partial charge in [0.25, 0.3) is 0 Å². The second-order valence-electron chi connectivity index (χ2n) is 4.93. The Labute approximate surface area is 114 Å². The Morgan fingerprint density at radius 3 is 3.00 bits per heavy atom. The van der Waals surface area contributed by atoms with Crippen molar-refractivity contribution in [3.63, 3.8) is 0 Å². The molecule has 2 atom stereocenters. The van der Waals surface area contributed by atoms with Crippen LogP contribution in [-0.2, 0) is 20.2 Å². The number of nitrogens with zero attached hydrogens (tertiary/aromatic N) is 3. The third kappa shape index (κ3) is 1.64. The van der Waals surface area contributed by atoms with E-state index in [-0.39, 0.29) is 13.1 Å². The molecule has 0 aromatic carbocycles. The summed E-state index contributed by atoms with van der Waals surface area (Å²) in [6.07, 6.45) is 1.49. The molecule has 3 heterocycles. The van der Waals surface area contributed by atoms with E-state index in [2.05, 4.69) is 14.5 Å². The largest absolute Gasteiger partial charge is 0.418 e. The third-order valence-corrected chi connectivity index (χ3v) is 4.03. The molecule has 0 radical (unpaired) electrons. The number of nitrogens with two attached hydrogens (primary N) is 1. The van der Waals surface area contributed by atoms with Crippen molar-refractivity contribution in [1.29, 1.82) is 0 Å². The van der Waals surface area contributed by atoms with Crippen molar-refractivity contribution in [2.45, 2.75) is 18.5 Å². The topological polar surface area (TPSA) is 142 Å². The quantitative estimate of drug-likeness (QED) is 0.615. The average Bonchev–Trinajstić information content (AvgIpc) is 2.90. The van der Waals surface area contributed by atoms with Gasteiger partial charge in [-0.3, -0.25) is 9.65 Å². The van der Waals surface area contributed by atoms with E-state index in [1.54, 1.807) is 6.92 Å².